The van der Waals surface area contributed by atoms with Crippen molar-refractivity contribution in [3.8, 4) is 0 Å². The van der Waals surface area contributed by atoms with E-state index in [0.29, 0.717) is 28.2 Å². The highest BCUT2D eigenvalue weighted by molar-refractivity contribution is 5.46. The first-order valence-electron chi connectivity index (χ1n) is 4.32. The second-order valence-electron chi connectivity index (χ2n) is 5.19. The second kappa shape index (κ2) is 0.625. The Bertz CT molecular complexity index is 254. The van der Waals surface area contributed by atoms with E-state index in [-0.39, 0.29) is 0 Å². The van der Waals surface area contributed by atoms with E-state index in [0.717, 1.165) is 17.8 Å². The summed E-state index contributed by atoms with van der Waals surface area (Å²) < 4.78 is 0.294. The fraction of sp³-hybridized carbons (Fsp3) is 1.00. The summed E-state index contributed by atoms with van der Waals surface area (Å²) in [7, 11) is 0. The smallest absolute Gasteiger partial charge is 0.110 e. The van der Waals surface area contributed by atoms with E-state index in [1.807, 2.05) is 0 Å². The number of nitrogens with zero attached hydrogens (tertiary/aromatic N) is 1. The molecule has 6 rings (SSSR count). The summed E-state index contributed by atoms with van der Waals surface area (Å²) in [6, 6.07) is 1.86. The molecule has 0 aromatic carbocycles. The lowest BCUT2D eigenvalue weighted by atomic mass is 9.10. The third kappa shape index (κ3) is 0.106. The minimum absolute atomic E-state index is 0.294. The highest BCUT2D eigenvalue weighted by atomic mass is 16.6. The van der Waals surface area contributed by atoms with Crippen molar-refractivity contribution in [2.75, 3.05) is 0 Å². The normalized spacial score (nSPS) is 104. The van der Waals surface area contributed by atoms with Gasteiger partial charge in [0.25, 0.3) is 0 Å². The van der Waals surface area contributed by atoms with Gasteiger partial charge in [0.05, 0.1) is 17.3 Å². The van der Waals surface area contributed by atoms with Crippen molar-refractivity contribution in [2.24, 2.45) is 23.2 Å². The third-order valence-electron chi connectivity index (χ3n) is 5.68. The van der Waals surface area contributed by atoms with Crippen molar-refractivity contribution in [1.29, 1.82) is 0 Å². The maximum Gasteiger partial charge on any atom is 0.110 e. The Morgan fingerprint density at radius 2 is 1.90 bits per heavy atom. The predicted octanol–water partition coefficient (Wildman–Crippen LogP) is 0.330. The van der Waals surface area contributed by atoms with Crippen LogP contribution >= 0.6 is 0 Å². The van der Waals surface area contributed by atoms with Crippen molar-refractivity contribution in [1.82, 2.24) is 0 Å². The van der Waals surface area contributed by atoms with Crippen LogP contribution in [0, 0.1) is 28.4 Å². The fourth-order valence-corrected chi connectivity index (χ4v) is 5.75. The Balaban J connectivity index is 1.89. The van der Waals surface area contributed by atoms with E-state index in [2.05, 4.69) is 6.92 Å². The van der Waals surface area contributed by atoms with Gasteiger partial charge in [0.2, 0.25) is 0 Å². The molecule has 2 heteroatoms. The Morgan fingerprint density at radius 1 is 1.30 bits per heavy atom. The summed E-state index contributed by atoms with van der Waals surface area (Å²) in [5.74, 6) is 2.90. The minimum atomic E-state index is 0.294. The van der Waals surface area contributed by atoms with Crippen molar-refractivity contribution < 1.29 is 4.65 Å². The van der Waals surface area contributed by atoms with Gasteiger partial charge in [-0.15, -0.1) is 0 Å². The Morgan fingerprint density at radius 3 is 2.20 bits per heavy atom. The third-order valence-corrected chi connectivity index (χ3v) is 5.68. The number of piperidine rings is 12. The summed E-state index contributed by atoms with van der Waals surface area (Å²) in [6.45, 7) is 2.35. The molecule has 0 aromatic rings. The molecule has 3 saturated carbocycles. The number of rotatable bonds is 0. The van der Waals surface area contributed by atoms with Crippen LogP contribution in [0.25, 0.3) is 0 Å². The molecule has 0 radical (unpaired) electrons. The monoisotopic (exact) mass is 135 g/mol. The molecule has 52 valence electrons. The zero-order valence-electron chi connectivity index (χ0n) is 5.82. The predicted molar refractivity (Wildman–Crippen MR) is 33.6 cm³/mol. The standard InChI is InChI=1S/C8H9NO/c1-8-4-2-5-3(4)7(8)9(5,10)6(2)8/h2-7H,1H3. The van der Waals surface area contributed by atoms with Crippen LogP contribution in [0.4, 0.5) is 0 Å². The lowest BCUT2D eigenvalue weighted by molar-refractivity contribution is -1.19. The molecule has 6 fully saturated rings. The van der Waals surface area contributed by atoms with Gasteiger partial charge in [-0.1, -0.05) is 0 Å². The van der Waals surface area contributed by atoms with E-state index < -0.39 is 0 Å². The van der Waals surface area contributed by atoms with Gasteiger partial charge in [0, 0.05) is 5.92 Å². The van der Waals surface area contributed by atoms with Crippen LogP contribution < -0.4 is 0 Å². The topological polar surface area (TPSA) is 23.1 Å². The molecule has 3 aliphatic carbocycles. The first kappa shape index (κ1) is 4.07. The highest BCUT2D eigenvalue weighted by Crippen LogP contribution is 2.98. The largest absolute Gasteiger partial charge is 0.632 e. The van der Waals surface area contributed by atoms with Crippen LogP contribution in [-0.2, 0) is 0 Å². The maximum atomic E-state index is 11.8. The van der Waals surface area contributed by atoms with Crippen molar-refractivity contribution in [3.63, 3.8) is 0 Å². The average Bonchev–Trinajstić information content (AvgIpc) is 1.86. The lowest BCUT2D eigenvalue weighted by Gasteiger charge is -3.09. The van der Waals surface area contributed by atoms with Crippen LogP contribution in [0.3, 0.4) is 0 Å². The van der Waals surface area contributed by atoms with Crippen LogP contribution in [0.2, 0.25) is 0 Å². The highest BCUT2D eigenvalue weighted by Gasteiger charge is 3.11. The maximum absolute atomic E-state index is 11.8. The molecule has 4 atom stereocenters. The van der Waals surface area contributed by atoms with Gasteiger partial charge < -0.3 is 9.85 Å². The van der Waals surface area contributed by atoms with E-state index >= 15 is 0 Å². The molecule has 3 heterocycles. The first-order valence-corrected chi connectivity index (χ1v) is 4.32. The average molecular weight is 135 g/mol. The molecule has 0 aromatic heterocycles. The first-order chi connectivity index (χ1) is 4.73. The molecule has 4 unspecified atom stereocenters. The summed E-state index contributed by atoms with van der Waals surface area (Å²) in [5, 5.41) is 11.8. The van der Waals surface area contributed by atoms with E-state index in [4.69, 9.17) is 0 Å². The summed E-state index contributed by atoms with van der Waals surface area (Å²) in [4.78, 5) is 0. The molecule has 0 amide bonds. The lowest BCUT2D eigenvalue weighted by Crippen LogP contribution is -3.21. The fourth-order valence-electron chi connectivity index (χ4n) is 5.75. The summed E-state index contributed by atoms with van der Waals surface area (Å²) in [6.07, 6.45) is 0. The number of hydrogen-bond acceptors (Lipinski definition) is 1. The summed E-state index contributed by atoms with van der Waals surface area (Å²) >= 11 is 0. The molecule has 0 bridgehead atoms. The zero-order valence-corrected chi connectivity index (χ0v) is 5.82. The minimum Gasteiger partial charge on any atom is -0.632 e. The number of hydrogen-bond donors (Lipinski definition) is 0. The quantitative estimate of drug-likeness (QED) is 0.347. The van der Waals surface area contributed by atoms with Gasteiger partial charge in [-0.2, -0.15) is 0 Å². The molecule has 6 aliphatic rings. The van der Waals surface area contributed by atoms with Gasteiger partial charge in [-0.05, 0) is 6.92 Å². The van der Waals surface area contributed by atoms with Gasteiger partial charge in [-0.25, -0.2) is 0 Å². The Hall–Kier alpha value is -0.0800. The molecule has 3 saturated heterocycles. The number of quaternary nitrogens is 1. The summed E-state index contributed by atoms with van der Waals surface area (Å²) in [5.41, 5.74) is 0.589. The Kier molecular flexibility index (Phi) is 0.255. The SMILES string of the molecule is CC12C3C4C5C3C1[N+]5([O-])C42. The van der Waals surface area contributed by atoms with Gasteiger partial charge in [0.15, 0.2) is 0 Å². The Labute approximate surface area is 59.0 Å². The van der Waals surface area contributed by atoms with Crippen LogP contribution in [-0.4, -0.2) is 22.8 Å². The molecule has 10 heavy (non-hydrogen) atoms. The molecular weight excluding hydrogens is 126 g/mol. The zero-order chi connectivity index (χ0) is 6.46. The van der Waals surface area contributed by atoms with Crippen molar-refractivity contribution >= 4 is 0 Å². The van der Waals surface area contributed by atoms with E-state index in [1.165, 1.54) is 0 Å². The molecular formula is C8H9NO. The number of hydroxylamine groups is 3. The van der Waals surface area contributed by atoms with Gasteiger partial charge in [-0.3, -0.25) is 0 Å². The molecule has 0 N–H and O–H groups in total. The van der Waals surface area contributed by atoms with Gasteiger partial charge in [0.1, 0.15) is 18.1 Å². The van der Waals surface area contributed by atoms with E-state index in [1.54, 1.807) is 0 Å². The van der Waals surface area contributed by atoms with Crippen molar-refractivity contribution in [3.05, 3.63) is 5.21 Å². The van der Waals surface area contributed by atoms with Crippen molar-refractivity contribution in [2.45, 2.75) is 25.0 Å². The second-order valence-corrected chi connectivity index (χ2v) is 5.19. The van der Waals surface area contributed by atoms with Crippen LogP contribution in [0.5, 0.6) is 0 Å². The molecule has 3 aliphatic heterocycles. The molecule has 2 nitrogen and oxygen atoms in total. The van der Waals surface area contributed by atoms with E-state index in [9.17, 15) is 5.21 Å². The van der Waals surface area contributed by atoms with Gasteiger partial charge >= 0.3 is 0 Å². The van der Waals surface area contributed by atoms with Crippen LogP contribution in [0.15, 0.2) is 0 Å². The van der Waals surface area contributed by atoms with Crippen LogP contribution in [0.1, 0.15) is 6.92 Å². The molecule has 0 spiro atoms.